The number of hydrogen-bond acceptors (Lipinski definition) is 4. The number of rotatable bonds is 2. The monoisotopic (exact) mass is 289 g/mol. The zero-order chi connectivity index (χ0) is 14.8. The quantitative estimate of drug-likeness (QED) is 0.817. The lowest BCUT2D eigenvalue weighted by Gasteiger charge is -2.37. The Hall–Kier alpha value is -1.46. The van der Waals surface area contributed by atoms with Crippen molar-refractivity contribution < 1.29 is 9.53 Å². The van der Waals surface area contributed by atoms with Gasteiger partial charge in [0.1, 0.15) is 6.61 Å². The second-order valence-electron chi connectivity index (χ2n) is 6.21. The summed E-state index contributed by atoms with van der Waals surface area (Å²) in [6, 6.07) is 2.10. The van der Waals surface area contributed by atoms with Gasteiger partial charge in [0.15, 0.2) is 0 Å². The molecule has 0 aliphatic carbocycles. The van der Waals surface area contributed by atoms with E-state index in [1.807, 2.05) is 24.3 Å². The second-order valence-corrected chi connectivity index (χ2v) is 6.21. The van der Waals surface area contributed by atoms with Crippen LogP contribution >= 0.6 is 0 Å². The lowest BCUT2D eigenvalue weighted by molar-refractivity contribution is -0.133. The van der Waals surface area contributed by atoms with E-state index < -0.39 is 0 Å². The molecule has 1 amide bonds. The zero-order valence-electron chi connectivity index (χ0n) is 12.8. The van der Waals surface area contributed by atoms with E-state index >= 15 is 0 Å². The molecule has 0 unspecified atom stereocenters. The van der Waals surface area contributed by atoms with Gasteiger partial charge in [-0.2, -0.15) is 0 Å². The van der Waals surface area contributed by atoms with Crippen molar-refractivity contribution in [3.8, 4) is 0 Å². The first kappa shape index (κ1) is 14.5. The van der Waals surface area contributed by atoms with Crippen LogP contribution in [0.1, 0.15) is 17.5 Å². The smallest absolute Gasteiger partial charge is 0.248 e. The number of ether oxygens (including phenoxy) is 1. The molecule has 2 aliphatic heterocycles. The summed E-state index contributed by atoms with van der Waals surface area (Å²) in [7, 11) is 1.88. The summed E-state index contributed by atoms with van der Waals surface area (Å²) >= 11 is 0. The maximum absolute atomic E-state index is 11.8. The minimum atomic E-state index is 0.0981. The standard InChI is InChI=1S/C16H23N3O2/c1-12-7-17-5-3-13(12)9-19-6-4-15-14(10-19)8-18(2)16(20)11-21-15/h3,5,7,14-15H,4,6,8-11H2,1-2H3/t14-,15-/m0/s1. The minimum Gasteiger partial charge on any atom is -0.368 e. The van der Waals surface area contributed by atoms with Crippen LogP contribution in [0.15, 0.2) is 18.5 Å². The lowest BCUT2D eigenvalue weighted by Crippen LogP contribution is -2.46. The van der Waals surface area contributed by atoms with Gasteiger partial charge in [-0.15, -0.1) is 0 Å². The fourth-order valence-electron chi connectivity index (χ4n) is 3.29. The average Bonchev–Trinajstić information content (AvgIpc) is 2.61. The van der Waals surface area contributed by atoms with Crippen LogP contribution in [-0.4, -0.2) is 60.1 Å². The van der Waals surface area contributed by atoms with Gasteiger partial charge >= 0.3 is 0 Å². The number of piperidine rings is 1. The Labute approximate surface area is 125 Å². The van der Waals surface area contributed by atoms with Crippen LogP contribution in [0.3, 0.4) is 0 Å². The Morgan fingerprint density at radius 1 is 1.43 bits per heavy atom. The molecule has 0 radical (unpaired) electrons. The summed E-state index contributed by atoms with van der Waals surface area (Å²) in [5.41, 5.74) is 2.58. The van der Waals surface area contributed by atoms with Crippen LogP contribution in [0.5, 0.6) is 0 Å². The SMILES string of the molecule is Cc1cnccc1CN1CC[C@@H]2OCC(=O)N(C)C[C@H]2C1. The highest BCUT2D eigenvalue weighted by molar-refractivity contribution is 5.77. The second kappa shape index (κ2) is 6.12. The van der Waals surface area contributed by atoms with Crippen LogP contribution < -0.4 is 0 Å². The molecule has 0 saturated carbocycles. The van der Waals surface area contributed by atoms with Crippen LogP contribution in [0.4, 0.5) is 0 Å². The Balaban J connectivity index is 1.66. The van der Waals surface area contributed by atoms with Crippen molar-refractivity contribution in [1.29, 1.82) is 0 Å². The van der Waals surface area contributed by atoms with Gasteiger partial charge in [0.05, 0.1) is 6.10 Å². The molecular weight excluding hydrogens is 266 g/mol. The van der Waals surface area contributed by atoms with Crippen LogP contribution in [-0.2, 0) is 16.1 Å². The molecule has 0 aromatic carbocycles. The summed E-state index contributed by atoms with van der Waals surface area (Å²) in [6.07, 6.45) is 5.02. The van der Waals surface area contributed by atoms with E-state index in [1.165, 1.54) is 11.1 Å². The van der Waals surface area contributed by atoms with Gasteiger partial charge in [0.2, 0.25) is 5.91 Å². The molecular formula is C16H23N3O2. The number of hydrogen-bond donors (Lipinski definition) is 0. The highest BCUT2D eigenvalue weighted by atomic mass is 16.5. The number of carbonyl (C=O) groups is 1. The molecule has 0 spiro atoms. The first-order valence-electron chi connectivity index (χ1n) is 7.61. The lowest BCUT2D eigenvalue weighted by atomic mass is 9.93. The number of aromatic nitrogens is 1. The molecule has 2 saturated heterocycles. The van der Waals surface area contributed by atoms with Gasteiger partial charge < -0.3 is 9.64 Å². The summed E-state index contributed by atoms with van der Waals surface area (Å²) < 4.78 is 5.78. The average molecular weight is 289 g/mol. The first-order chi connectivity index (χ1) is 10.1. The van der Waals surface area contributed by atoms with Crippen molar-refractivity contribution in [1.82, 2.24) is 14.8 Å². The fraction of sp³-hybridized carbons (Fsp3) is 0.625. The number of carbonyl (C=O) groups excluding carboxylic acids is 1. The van der Waals surface area contributed by atoms with Crippen molar-refractivity contribution in [2.45, 2.75) is 26.0 Å². The van der Waals surface area contributed by atoms with E-state index in [9.17, 15) is 4.79 Å². The third kappa shape index (κ3) is 3.24. The van der Waals surface area contributed by atoms with Crippen molar-refractivity contribution in [3.63, 3.8) is 0 Å². The van der Waals surface area contributed by atoms with E-state index in [4.69, 9.17) is 4.74 Å². The van der Waals surface area contributed by atoms with Crippen LogP contribution in [0, 0.1) is 12.8 Å². The van der Waals surface area contributed by atoms with E-state index in [0.29, 0.717) is 5.92 Å². The number of likely N-dealkylation sites (N-methyl/N-ethyl adjacent to an activating group) is 1. The molecule has 5 heteroatoms. The van der Waals surface area contributed by atoms with Crippen molar-refractivity contribution >= 4 is 5.91 Å². The molecule has 2 aliphatic rings. The normalized spacial score (nSPS) is 27.3. The molecule has 1 aromatic heterocycles. The number of likely N-dealkylation sites (tertiary alicyclic amines) is 1. The minimum absolute atomic E-state index is 0.0981. The maximum Gasteiger partial charge on any atom is 0.248 e. The van der Waals surface area contributed by atoms with Gasteiger partial charge in [0.25, 0.3) is 0 Å². The number of fused-ring (bicyclic) bond motifs is 1. The van der Waals surface area contributed by atoms with Gasteiger partial charge in [-0.3, -0.25) is 14.7 Å². The largest absolute Gasteiger partial charge is 0.368 e. The number of nitrogens with zero attached hydrogens (tertiary/aromatic N) is 3. The van der Waals surface area contributed by atoms with Gasteiger partial charge in [0, 0.05) is 51.5 Å². The number of aryl methyl sites for hydroxylation is 1. The highest BCUT2D eigenvalue weighted by Gasteiger charge is 2.34. The molecule has 21 heavy (non-hydrogen) atoms. The third-order valence-corrected chi connectivity index (χ3v) is 4.63. The fourth-order valence-corrected chi connectivity index (χ4v) is 3.29. The summed E-state index contributed by atoms with van der Waals surface area (Å²) in [4.78, 5) is 20.2. The van der Waals surface area contributed by atoms with Gasteiger partial charge in [-0.05, 0) is 30.5 Å². The molecule has 114 valence electrons. The third-order valence-electron chi connectivity index (χ3n) is 4.63. The van der Waals surface area contributed by atoms with Crippen molar-refractivity contribution in [3.05, 3.63) is 29.6 Å². The first-order valence-corrected chi connectivity index (χ1v) is 7.61. The molecule has 5 nitrogen and oxygen atoms in total. The number of pyridine rings is 1. The Morgan fingerprint density at radius 3 is 3.10 bits per heavy atom. The molecule has 0 bridgehead atoms. The molecule has 3 heterocycles. The van der Waals surface area contributed by atoms with Crippen LogP contribution in [0.2, 0.25) is 0 Å². The maximum atomic E-state index is 11.8. The Kier molecular flexibility index (Phi) is 4.22. The zero-order valence-corrected chi connectivity index (χ0v) is 12.8. The molecule has 1 aromatic rings. The predicted octanol–water partition coefficient (Wildman–Crippen LogP) is 1.07. The molecule has 2 atom stereocenters. The van der Waals surface area contributed by atoms with Crippen molar-refractivity contribution in [2.24, 2.45) is 5.92 Å². The summed E-state index contributed by atoms with van der Waals surface area (Å²) in [5.74, 6) is 0.512. The highest BCUT2D eigenvalue weighted by Crippen LogP contribution is 2.25. The Bertz CT molecular complexity index is 520. The number of amides is 1. The topological polar surface area (TPSA) is 45.7 Å². The molecule has 3 rings (SSSR count). The molecule has 2 fully saturated rings. The predicted molar refractivity (Wildman–Crippen MR) is 79.7 cm³/mol. The Morgan fingerprint density at radius 2 is 2.29 bits per heavy atom. The van der Waals surface area contributed by atoms with E-state index in [0.717, 1.165) is 32.6 Å². The van der Waals surface area contributed by atoms with Gasteiger partial charge in [-0.25, -0.2) is 0 Å². The van der Waals surface area contributed by atoms with Gasteiger partial charge in [-0.1, -0.05) is 0 Å². The van der Waals surface area contributed by atoms with E-state index in [1.54, 1.807) is 0 Å². The van der Waals surface area contributed by atoms with Crippen LogP contribution in [0.25, 0.3) is 0 Å². The molecule has 0 N–H and O–H groups in total. The summed E-state index contributed by atoms with van der Waals surface area (Å²) in [6.45, 7) is 6.12. The van der Waals surface area contributed by atoms with E-state index in [2.05, 4.69) is 22.9 Å². The van der Waals surface area contributed by atoms with E-state index in [-0.39, 0.29) is 18.6 Å². The van der Waals surface area contributed by atoms with Crippen molar-refractivity contribution in [2.75, 3.05) is 33.3 Å². The summed E-state index contributed by atoms with van der Waals surface area (Å²) in [5, 5.41) is 0.